The molecule has 1 aromatic carbocycles. The van der Waals surface area contributed by atoms with E-state index in [-0.39, 0.29) is 6.04 Å². The molecule has 1 aromatic rings. The number of carbonyl (C=O) groups excluding carboxylic acids is 1. The number of hydrogen-bond donors (Lipinski definition) is 2. The summed E-state index contributed by atoms with van der Waals surface area (Å²) in [7, 11) is 0. The van der Waals surface area contributed by atoms with Gasteiger partial charge in [0.15, 0.2) is 0 Å². The van der Waals surface area contributed by atoms with Gasteiger partial charge in [-0.1, -0.05) is 11.6 Å². The van der Waals surface area contributed by atoms with Crippen molar-refractivity contribution in [3.8, 4) is 6.07 Å². The topological polar surface area (TPSA) is 74.2 Å². The van der Waals surface area contributed by atoms with Gasteiger partial charge in [-0.15, -0.1) is 0 Å². The summed E-state index contributed by atoms with van der Waals surface area (Å²) < 4.78 is 5.15. The molecular formula is C15H20ClN3O2. The Bertz CT molecular complexity index is 547. The number of ether oxygens (including phenoxy) is 1. The van der Waals surface area contributed by atoms with Gasteiger partial charge in [-0.25, -0.2) is 4.79 Å². The maximum Gasteiger partial charge on any atom is 0.407 e. The number of nitrogens with one attached hydrogen (secondary N) is 2. The molecule has 0 fully saturated rings. The molecule has 0 heterocycles. The third-order valence-corrected chi connectivity index (χ3v) is 2.76. The summed E-state index contributed by atoms with van der Waals surface area (Å²) in [5.74, 6) is 0. The maximum atomic E-state index is 11.5. The van der Waals surface area contributed by atoms with E-state index in [0.717, 1.165) is 0 Å². The highest BCUT2D eigenvalue weighted by Gasteiger charge is 2.16. The Morgan fingerprint density at radius 2 is 2.14 bits per heavy atom. The van der Waals surface area contributed by atoms with Crippen LogP contribution in [-0.4, -0.2) is 24.3 Å². The number of carbonyl (C=O) groups is 1. The van der Waals surface area contributed by atoms with Gasteiger partial charge in [0.05, 0.1) is 22.3 Å². The molecule has 114 valence electrons. The number of amides is 1. The molecule has 0 aliphatic rings. The molecule has 1 atom stereocenters. The maximum absolute atomic E-state index is 11.5. The van der Waals surface area contributed by atoms with Crippen LogP contribution in [0.2, 0.25) is 5.02 Å². The van der Waals surface area contributed by atoms with Crippen molar-refractivity contribution < 1.29 is 9.53 Å². The van der Waals surface area contributed by atoms with Crippen LogP contribution in [0.15, 0.2) is 18.2 Å². The second kappa shape index (κ2) is 7.19. The second-order valence-electron chi connectivity index (χ2n) is 5.73. The van der Waals surface area contributed by atoms with Gasteiger partial charge in [0.1, 0.15) is 5.60 Å². The van der Waals surface area contributed by atoms with Gasteiger partial charge in [0.25, 0.3) is 0 Å². The molecule has 1 unspecified atom stereocenters. The molecular weight excluding hydrogens is 290 g/mol. The Morgan fingerprint density at radius 1 is 1.48 bits per heavy atom. The van der Waals surface area contributed by atoms with Crippen molar-refractivity contribution >= 4 is 23.4 Å². The van der Waals surface area contributed by atoms with Gasteiger partial charge in [-0.3, -0.25) is 0 Å². The van der Waals surface area contributed by atoms with Crippen LogP contribution in [0.3, 0.4) is 0 Å². The van der Waals surface area contributed by atoms with Gasteiger partial charge in [-0.05, 0) is 45.9 Å². The van der Waals surface area contributed by atoms with Crippen molar-refractivity contribution in [1.29, 1.82) is 5.26 Å². The first-order chi connectivity index (χ1) is 9.71. The van der Waals surface area contributed by atoms with Gasteiger partial charge < -0.3 is 15.4 Å². The van der Waals surface area contributed by atoms with Gasteiger partial charge in [0, 0.05) is 12.6 Å². The Balaban J connectivity index is 2.49. The van der Waals surface area contributed by atoms with Gasteiger partial charge in [-0.2, -0.15) is 5.26 Å². The predicted octanol–water partition coefficient (Wildman–Crippen LogP) is 3.54. The molecule has 0 spiro atoms. The SMILES string of the molecule is CC(CNC(=O)OC(C)(C)C)Nc1ccc(C#N)cc1Cl. The summed E-state index contributed by atoms with van der Waals surface area (Å²) in [6, 6.07) is 7.00. The van der Waals surface area contributed by atoms with Crippen molar-refractivity contribution in [3.63, 3.8) is 0 Å². The smallest absolute Gasteiger partial charge is 0.407 e. The van der Waals surface area contributed by atoms with Crippen molar-refractivity contribution in [2.75, 3.05) is 11.9 Å². The highest BCUT2D eigenvalue weighted by Crippen LogP contribution is 2.23. The van der Waals surface area contributed by atoms with E-state index in [4.69, 9.17) is 21.6 Å². The van der Waals surface area contributed by atoms with E-state index in [1.165, 1.54) is 0 Å². The summed E-state index contributed by atoms with van der Waals surface area (Å²) in [5.41, 5.74) is 0.705. The summed E-state index contributed by atoms with van der Waals surface area (Å²) >= 11 is 6.08. The summed E-state index contributed by atoms with van der Waals surface area (Å²) in [6.07, 6.45) is -0.456. The zero-order valence-electron chi connectivity index (χ0n) is 12.7. The number of anilines is 1. The standard InChI is InChI=1S/C15H20ClN3O2/c1-10(9-18-14(20)21-15(2,3)4)19-13-6-5-11(8-17)7-12(13)16/h5-7,10,19H,9H2,1-4H3,(H,18,20). The van der Waals surface area contributed by atoms with Crippen LogP contribution >= 0.6 is 11.6 Å². The lowest BCUT2D eigenvalue weighted by Gasteiger charge is -2.21. The van der Waals surface area contributed by atoms with Crippen molar-refractivity contribution in [2.45, 2.75) is 39.3 Å². The number of halogens is 1. The summed E-state index contributed by atoms with van der Waals surface area (Å²) in [4.78, 5) is 11.5. The summed E-state index contributed by atoms with van der Waals surface area (Å²) in [6.45, 7) is 7.73. The molecule has 6 heteroatoms. The first-order valence-corrected chi connectivity index (χ1v) is 7.02. The molecule has 0 aliphatic heterocycles. The summed E-state index contributed by atoms with van der Waals surface area (Å²) in [5, 5.41) is 15.1. The van der Waals surface area contributed by atoms with Gasteiger partial charge >= 0.3 is 6.09 Å². The highest BCUT2D eigenvalue weighted by molar-refractivity contribution is 6.33. The van der Waals surface area contributed by atoms with Gasteiger partial charge in [0.2, 0.25) is 0 Å². The van der Waals surface area contributed by atoms with Crippen LogP contribution in [0.5, 0.6) is 0 Å². The van der Waals surface area contributed by atoms with E-state index in [1.807, 2.05) is 33.8 Å². The number of hydrogen-bond acceptors (Lipinski definition) is 4. The van der Waals surface area contributed by atoms with E-state index in [1.54, 1.807) is 18.2 Å². The number of nitriles is 1. The molecule has 0 aromatic heterocycles. The predicted molar refractivity (Wildman–Crippen MR) is 83.5 cm³/mol. The quantitative estimate of drug-likeness (QED) is 0.892. The molecule has 0 radical (unpaired) electrons. The molecule has 21 heavy (non-hydrogen) atoms. The number of rotatable bonds is 4. The van der Waals surface area contributed by atoms with E-state index in [2.05, 4.69) is 10.6 Å². The number of benzene rings is 1. The molecule has 0 aliphatic carbocycles. The Kier molecular flexibility index (Phi) is 5.86. The molecule has 1 rings (SSSR count). The lowest BCUT2D eigenvalue weighted by molar-refractivity contribution is 0.0526. The first-order valence-electron chi connectivity index (χ1n) is 6.64. The minimum absolute atomic E-state index is 0.0389. The van der Waals surface area contributed by atoms with Crippen LogP contribution in [0.4, 0.5) is 10.5 Å². The minimum Gasteiger partial charge on any atom is -0.444 e. The number of alkyl carbamates (subject to hydrolysis) is 1. The zero-order valence-corrected chi connectivity index (χ0v) is 13.4. The number of nitrogens with zero attached hydrogens (tertiary/aromatic N) is 1. The average Bonchev–Trinajstić information content (AvgIpc) is 2.37. The van der Waals surface area contributed by atoms with Crippen molar-refractivity contribution in [3.05, 3.63) is 28.8 Å². The molecule has 2 N–H and O–H groups in total. The fraction of sp³-hybridized carbons (Fsp3) is 0.467. The van der Waals surface area contributed by atoms with Crippen molar-refractivity contribution in [1.82, 2.24) is 5.32 Å². The van der Waals surface area contributed by atoms with E-state index < -0.39 is 11.7 Å². The molecule has 1 amide bonds. The largest absolute Gasteiger partial charge is 0.444 e. The average molecular weight is 310 g/mol. The molecule has 5 nitrogen and oxygen atoms in total. The highest BCUT2D eigenvalue weighted by atomic mass is 35.5. The lowest BCUT2D eigenvalue weighted by Crippen LogP contribution is -2.38. The fourth-order valence-corrected chi connectivity index (χ4v) is 1.80. The van der Waals surface area contributed by atoms with Crippen molar-refractivity contribution in [2.24, 2.45) is 0 Å². The lowest BCUT2D eigenvalue weighted by atomic mass is 10.2. The molecule has 0 saturated carbocycles. The van der Waals surface area contributed by atoms with E-state index in [9.17, 15) is 4.79 Å². The Morgan fingerprint density at radius 3 is 2.67 bits per heavy atom. The van der Waals surface area contributed by atoms with E-state index >= 15 is 0 Å². The minimum atomic E-state index is -0.517. The fourth-order valence-electron chi connectivity index (χ4n) is 1.57. The van der Waals surface area contributed by atoms with Crippen LogP contribution < -0.4 is 10.6 Å². The van der Waals surface area contributed by atoms with Crippen LogP contribution in [0.1, 0.15) is 33.3 Å². The monoisotopic (exact) mass is 309 g/mol. The second-order valence-corrected chi connectivity index (χ2v) is 6.14. The zero-order chi connectivity index (χ0) is 16.0. The van der Waals surface area contributed by atoms with Crippen LogP contribution in [-0.2, 0) is 4.74 Å². The van der Waals surface area contributed by atoms with Crippen LogP contribution in [0.25, 0.3) is 0 Å². The molecule has 0 saturated heterocycles. The third-order valence-electron chi connectivity index (χ3n) is 2.45. The molecule has 0 bridgehead atoms. The van der Waals surface area contributed by atoms with Crippen LogP contribution in [0, 0.1) is 11.3 Å². The normalized spacial score (nSPS) is 12.2. The van der Waals surface area contributed by atoms with E-state index in [0.29, 0.717) is 22.8 Å². The Hall–Kier alpha value is -1.93. The first kappa shape index (κ1) is 17.1. The third kappa shape index (κ3) is 6.37. The Labute approximate surface area is 130 Å².